The van der Waals surface area contributed by atoms with E-state index in [-0.39, 0.29) is 31.3 Å². The Morgan fingerprint density at radius 1 is 0.717 bits per heavy atom. The van der Waals surface area contributed by atoms with Gasteiger partial charge in [-0.3, -0.25) is 0 Å². The van der Waals surface area contributed by atoms with Gasteiger partial charge in [0.15, 0.2) is 0 Å². The average Bonchev–Trinajstić information content (AvgIpc) is 3.10. The molecule has 1 atom stereocenters. The minimum Gasteiger partial charge on any atom is -1.00 e. The molecule has 6 nitrogen and oxygen atoms in total. The number of rotatable bonds is 11. The minimum atomic E-state index is -4.37. The van der Waals surface area contributed by atoms with Crippen LogP contribution >= 0.6 is 6.91 Å². The fraction of sp³-hybridized carbons (Fsp3) is 0.135. The zero-order chi connectivity index (χ0) is 31.0. The topological polar surface area (TPSA) is 85.6 Å². The van der Waals surface area contributed by atoms with Gasteiger partial charge < -0.3 is 12.4 Å². The SMILES string of the molecule is NC1=NC(c2ccc(OCCP(F)(c3ccccc3)(c3ccccc3)c3ccccc3)cc2)NC(=[NH+]CCc2ccccc2)N1.[Cl-]. The first kappa shape index (κ1) is 32.7. The Bertz CT molecular complexity index is 1660. The van der Waals surface area contributed by atoms with Gasteiger partial charge >= 0.3 is 222 Å². The van der Waals surface area contributed by atoms with E-state index in [1.807, 2.05) is 133 Å². The van der Waals surface area contributed by atoms with Crippen molar-refractivity contribution in [3.05, 3.63) is 157 Å². The molecule has 0 bridgehead atoms. The van der Waals surface area contributed by atoms with Gasteiger partial charge in [-0.25, -0.2) is 0 Å². The summed E-state index contributed by atoms with van der Waals surface area (Å²) in [7, 11) is 0. The van der Waals surface area contributed by atoms with Gasteiger partial charge in [-0.05, 0) is 5.56 Å². The van der Waals surface area contributed by atoms with Crippen molar-refractivity contribution in [3.8, 4) is 5.75 Å². The van der Waals surface area contributed by atoms with Crippen LogP contribution in [0.1, 0.15) is 17.3 Å². The summed E-state index contributed by atoms with van der Waals surface area (Å²) in [4.78, 5) is 7.90. The number of hydrogen-bond donors (Lipinski definition) is 4. The summed E-state index contributed by atoms with van der Waals surface area (Å²) < 4.78 is 24.9. The molecule has 0 saturated carbocycles. The van der Waals surface area contributed by atoms with E-state index in [1.165, 1.54) is 5.56 Å². The Labute approximate surface area is 276 Å². The van der Waals surface area contributed by atoms with Crippen LogP contribution in [0.3, 0.4) is 0 Å². The fourth-order valence-corrected chi connectivity index (χ4v) is 10.4. The molecule has 9 heteroatoms. The second-order valence-electron chi connectivity index (χ2n) is 11.1. The first-order chi connectivity index (χ1) is 22.0. The first-order valence-electron chi connectivity index (χ1n) is 15.2. The van der Waals surface area contributed by atoms with Crippen LogP contribution in [0.25, 0.3) is 0 Å². The molecular weight excluding hydrogens is 616 g/mol. The number of nitrogens with one attached hydrogen (secondary N) is 3. The molecule has 5 N–H and O–H groups in total. The van der Waals surface area contributed by atoms with E-state index in [4.69, 9.17) is 10.5 Å². The molecule has 6 rings (SSSR count). The number of guanidine groups is 2. The number of nitrogens with zero attached hydrogens (tertiary/aromatic N) is 1. The molecule has 0 aromatic heterocycles. The van der Waals surface area contributed by atoms with Crippen molar-refractivity contribution < 1.29 is 26.3 Å². The van der Waals surface area contributed by atoms with Crippen molar-refractivity contribution in [2.45, 2.75) is 12.6 Å². The summed E-state index contributed by atoms with van der Waals surface area (Å²) in [6.45, 7) is -3.43. The summed E-state index contributed by atoms with van der Waals surface area (Å²) in [6, 6.07) is 46.7. The molecule has 236 valence electrons. The maximum atomic E-state index is 18.6. The third-order valence-electron chi connectivity index (χ3n) is 8.22. The number of nitrogens with two attached hydrogens (primary N) is 1. The normalized spacial score (nSPS) is 16.1. The number of hydrogen-bond acceptors (Lipinski definition) is 3. The fourth-order valence-electron chi connectivity index (χ4n) is 5.87. The molecule has 0 fully saturated rings. The van der Waals surface area contributed by atoms with Crippen LogP contribution in [0.2, 0.25) is 0 Å². The average molecular weight is 654 g/mol. The molecule has 5 aromatic rings. The van der Waals surface area contributed by atoms with Gasteiger partial charge in [-0.1, -0.05) is 30.3 Å². The van der Waals surface area contributed by atoms with Crippen molar-refractivity contribution >= 4 is 34.7 Å². The van der Waals surface area contributed by atoms with E-state index >= 15 is 4.20 Å². The quantitative estimate of drug-likeness (QED) is 0.158. The van der Waals surface area contributed by atoms with E-state index in [0.29, 0.717) is 33.6 Å². The Morgan fingerprint density at radius 3 is 1.74 bits per heavy atom. The summed E-state index contributed by atoms with van der Waals surface area (Å²) in [5.74, 6) is 1.70. The molecule has 5 aromatic carbocycles. The maximum absolute atomic E-state index is 18.6. The van der Waals surface area contributed by atoms with Crippen LogP contribution in [0, 0.1) is 0 Å². The Kier molecular flexibility index (Phi) is 10.4. The second-order valence-corrected chi connectivity index (χ2v) is 15.4. The molecule has 1 unspecified atom stereocenters. The summed E-state index contributed by atoms with van der Waals surface area (Å²) in [5.41, 5.74) is 8.29. The van der Waals surface area contributed by atoms with E-state index in [2.05, 4.69) is 32.8 Å². The van der Waals surface area contributed by atoms with Gasteiger partial charge in [-0.2, -0.15) is 0 Å². The van der Waals surface area contributed by atoms with Crippen LogP contribution in [0.5, 0.6) is 5.75 Å². The molecule has 1 aliphatic heterocycles. The van der Waals surface area contributed by atoms with Crippen molar-refractivity contribution in [2.75, 3.05) is 19.3 Å². The number of benzene rings is 5. The Morgan fingerprint density at radius 2 is 1.22 bits per heavy atom. The van der Waals surface area contributed by atoms with Crippen molar-refractivity contribution in [3.63, 3.8) is 0 Å². The largest absolute Gasteiger partial charge is 1.00 e. The third kappa shape index (κ3) is 6.91. The number of aliphatic imine (C=N–C) groups is 1. The third-order valence-corrected chi connectivity index (χ3v) is 13.4. The predicted octanol–water partition coefficient (Wildman–Crippen LogP) is 0.669. The molecule has 1 heterocycles. The van der Waals surface area contributed by atoms with E-state index in [9.17, 15) is 0 Å². The van der Waals surface area contributed by atoms with Gasteiger partial charge in [-0.15, -0.1) is 0 Å². The van der Waals surface area contributed by atoms with Crippen LogP contribution in [-0.2, 0) is 6.42 Å². The molecule has 1 aliphatic rings. The van der Waals surface area contributed by atoms with Crippen LogP contribution in [-0.4, -0.2) is 31.2 Å². The summed E-state index contributed by atoms with van der Waals surface area (Å²) in [6.07, 6.45) is 0.723. The predicted molar refractivity (Wildman–Crippen MR) is 185 cm³/mol. The van der Waals surface area contributed by atoms with Gasteiger partial charge in [0.05, 0.1) is 0 Å². The molecule has 0 spiro atoms. The molecule has 0 radical (unpaired) electrons. The van der Waals surface area contributed by atoms with Gasteiger partial charge in [0.1, 0.15) is 0 Å². The van der Waals surface area contributed by atoms with E-state index in [0.717, 1.165) is 18.5 Å². The molecule has 0 saturated heterocycles. The smallest absolute Gasteiger partial charge is 1.00 e. The van der Waals surface area contributed by atoms with Gasteiger partial charge in [0.25, 0.3) is 0 Å². The zero-order valence-electron chi connectivity index (χ0n) is 25.4. The number of ether oxygens (including phenoxy) is 1. The maximum Gasteiger partial charge on any atom is -1.00 e. The van der Waals surface area contributed by atoms with Gasteiger partial charge in [0.2, 0.25) is 0 Å². The molecule has 0 amide bonds. The van der Waals surface area contributed by atoms with Crippen LogP contribution in [0.4, 0.5) is 4.20 Å². The van der Waals surface area contributed by atoms with Crippen LogP contribution in [0.15, 0.2) is 151 Å². The second kappa shape index (κ2) is 14.6. The van der Waals surface area contributed by atoms with Gasteiger partial charge in [0, 0.05) is 6.42 Å². The number of halogens is 2. The summed E-state index contributed by atoms with van der Waals surface area (Å²) in [5, 5.41) is 8.51. The first-order valence-corrected chi connectivity index (χ1v) is 17.5. The molecule has 0 aliphatic carbocycles. The molecular formula is C37H38ClFN5OP. The zero-order valence-corrected chi connectivity index (χ0v) is 27.0. The Balaban J connectivity index is 0.00000417. The van der Waals surface area contributed by atoms with E-state index < -0.39 is 6.91 Å². The van der Waals surface area contributed by atoms with E-state index in [1.54, 1.807) is 0 Å². The minimum absolute atomic E-state index is 0. The molecule has 46 heavy (non-hydrogen) atoms. The van der Waals surface area contributed by atoms with Crippen molar-refractivity contribution in [2.24, 2.45) is 10.7 Å². The Hall–Kier alpha value is -4.71. The van der Waals surface area contributed by atoms with Crippen molar-refractivity contribution in [1.29, 1.82) is 0 Å². The summed E-state index contributed by atoms with van der Waals surface area (Å²) >= 11 is 0. The van der Waals surface area contributed by atoms with Crippen LogP contribution < -0.4 is 54.4 Å². The standard InChI is InChI=1S/C37H37FN5OP.ClH/c38-45(32-15-7-2-8-16-32,33-17-9-3-10-18-33,34-19-11-4-12-20-34)28-27-44-31-23-21-30(22-24-31)35-41-36(39)43-37(42-35)40-26-25-29-13-5-1-6-14-29;/h1-24,35H,25-28H2,(H4,39,40,41,42,43);1H. The monoisotopic (exact) mass is 653 g/mol. The van der Waals surface area contributed by atoms with Crippen molar-refractivity contribution in [1.82, 2.24) is 10.6 Å².